The summed E-state index contributed by atoms with van der Waals surface area (Å²) >= 11 is 5.94. The van der Waals surface area contributed by atoms with Crippen LogP contribution in [0.5, 0.6) is 0 Å². The van der Waals surface area contributed by atoms with Gasteiger partial charge >= 0.3 is 0 Å². The van der Waals surface area contributed by atoms with Gasteiger partial charge in [0.15, 0.2) is 0 Å². The maximum absolute atomic E-state index is 13.1. The third-order valence-corrected chi connectivity index (χ3v) is 3.37. The molecule has 0 N–H and O–H groups in total. The van der Waals surface area contributed by atoms with Gasteiger partial charge in [-0.15, -0.1) is 11.6 Å². The van der Waals surface area contributed by atoms with Gasteiger partial charge < -0.3 is 0 Å². The second-order valence-corrected chi connectivity index (χ2v) is 4.76. The molecule has 3 atom stereocenters. The van der Waals surface area contributed by atoms with E-state index in [1.54, 1.807) is 0 Å². The first-order valence-electron chi connectivity index (χ1n) is 4.89. The van der Waals surface area contributed by atoms with Gasteiger partial charge in [0, 0.05) is 0 Å². The molecule has 2 unspecified atom stereocenters. The van der Waals surface area contributed by atoms with Crippen molar-refractivity contribution < 1.29 is 4.39 Å². The summed E-state index contributed by atoms with van der Waals surface area (Å²) in [6, 6.07) is 0. The van der Waals surface area contributed by atoms with Crippen LogP contribution in [0.1, 0.15) is 39.5 Å². The van der Waals surface area contributed by atoms with Crippen molar-refractivity contribution in [3.8, 4) is 0 Å². The van der Waals surface area contributed by atoms with Gasteiger partial charge in [-0.25, -0.2) is 4.39 Å². The van der Waals surface area contributed by atoms with Gasteiger partial charge in [0.2, 0.25) is 0 Å². The van der Waals surface area contributed by atoms with Crippen LogP contribution >= 0.6 is 11.6 Å². The Kier molecular flexibility index (Phi) is 3.82. The van der Waals surface area contributed by atoms with Gasteiger partial charge in [-0.05, 0) is 24.7 Å². The lowest BCUT2D eigenvalue weighted by atomic mass is 9.89. The molecule has 0 radical (unpaired) electrons. The summed E-state index contributed by atoms with van der Waals surface area (Å²) in [7, 11) is 0. The van der Waals surface area contributed by atoms with Gasteiger partial charge in [0.25, 0.3) is 0 Å². The predicted octanol–water partition coefficient (Wildman–Crippen LogP) is 3.78. The molecule has 0 amide bonds. The molecule has 0 aromatic carbocycles. The highest BCUT2D eigenvalue weighted by Crippen LogP contribution is 2.32. The Balaban J connectivity index is 2.48. The van der Waals surface area contributed by atoms with E-state index in [9.17, 15) is 4.39 Å². The van der Waals surface area contributed by atoms with Crippen LogP contribution in [0.25, 0.3) is 0 Å². The molecule has 2 heteroatoms. The van der Waals surface area contributed by atoms with Gasteiger partial charge in [-0.3, -0.25) is 0 Å². The van der Waals surface area contributed by atoms with Crippen LogP contribution < -0.4 is 0 Å². The molecule has 0 nitrogen and oxygen atoms in total. The molecule has 12 heavy (non-hydrogen) atoms. The Morgan fingerprint density at radius 3 is 2.58 bits per heavy atom. The maximum atomic E-state index is 13.1. The monoisotopic (exact) mass is 192 g/mol. The third-order valence-electron chi connectivity index (χ3n) is 2.92. The first-order valence-corrected chi connectivity index (χ1v) is 5.33. The summed E-state index contributed by atoms with van der Waals surface area (Å²) in [4.78, 5) is 0. The van der Waals surface area contributed by atoms with Crippen LogP contribution in [0.15, 0.2) is 0 Å². The van der Waals surface area contributed by atoms with Crippen molar-refractivity contribution in [2.45, 2.75) is 51.1 Å². The van der Waals surface area contributed by atoms with E-state index >= 15 is 0 Å². The first kappa shape index (κ1) is 10.3. The summed E-state index contributed by atoms with van der Waals surface area (Å²) in [5.41, 5.74) is 0. The molecule has 1 fully saturated rings. The largest absolute Gasteiger partial charge is 0.246 e. The van der Waals surface area contributed by atoms with Crippen molar-refractivity contribution >= 4 is 11.6 Å². The molecule has 0 bridgehead atoms. The molecular weight excluding hydrogens is 175 g/mol. The van der Waals surface area contributed by atoms with Crippen LogP contribution in [-0.2, 0) is 0 Å². The summed E-state index contributed by atoms with van der Waals surface area (Å²) in [6.07, 6.45) is 2.92. The summed E-state index contributed by atoms with van der Waals surface area (Å²) in [5, 5.41) is -0.236. The van der Waals surface area contributed by atoms with Gasteiger partial charge in [0.05, 0.1) is 5.38 Å². The lowest BCUT2D eigenvalue weighted by Gasteiger charge is -2.20. The zero-order chi connectivity index (χ0) is 9.14. The van der Waals surface area contributed by atoms with Crippen molar-refractivity contribution in [1.82, 2.24) is 0 Å². The molecule has 1 saturated carbocycles. The second kappa shape index (κ2) is 4.45. The van der Waals surface area contributed by atoms with Gasteiger partial charge in [-0.2, -0.15) is 0 Å². The lowest BCUT2D eigenvalue weighted by Crippen LogP contribution is -2.18. The van der Waals surface area contributed by atoms with Gasteiger partial charge in [0.1, 0.15) is 6.17 Å². The van der Waals surface area contributed by atoms with E-state index in [0.717, 1.165) is 19.3 Å². The molecular formula is C10H18ClF. The quantitative estimate of drug-likeness (QED) is 0.438. The van der Waals surface area contributed by atoms with E-state index in [0.29, 0.717) is 18.3 Å². The first-order chi connectivity index (χ1) is 5.61. The van der Waals surface area contributed by atoms with E-state index in [2.05, 4.69) is 13.8 Å². The molecule has 0 aliphatic heterocycles. The zero-order valence-electron chi connectivity index (χ0n) is 7.89. The number of rotatable bonds is 1. The topological polar surface area (TPSA) is 0 Å². The summed E-state index contributed by atoms with van der Waals surface area (Å²) in [5.74, 6) is 1.28. The standard InChI is InChI=1S/C10H18ClF/c1-7(2)8-4-3-5-10(12)9(11)6-8/h7-10H,3-6H2,1-2H3/t8?,9-,10?/m1/s1. The molecule has 1 aliphatic rings. The molecule has 0 aromatic rings. The van der Waals surface area contributed by atoms with Crippen molar-refractivity contribution in [3.63, 3.8) is 0 Å². The minimum Gasteiger partial charge on any atom is -0.246 e. The van der Waals surface area contributed by atoms with Gasteiger partial charge in [-0.1, -0.05) is 26.7 Å². The SMILES string of the molecule is CC(C)C1CCCC(F)[C@H](Cl)C1. The predicted molar refractivity (Wildman–Crippen MR) is 51.3 cm³/mol. The van der Waals surface area contributed by atoms with Crippen molar-refractivity contribution in [1.29, 1.82) is 0 Å². The van der Waals surface area contributed by atoms with Crippen LogP contribution in [0.2, 0.25) is 0 Å². The normalized spacial score (nSPS) is 38.2. The molecule has 0 saturated heterocycles. The smallest absolute Gasteiger partial charge is 0.116 e. The molecule has 0 spiro atoms. The Morgan fingerprint density at radius 1 is 1.33 bits per heavy atom. The summed E-state index contributed by atoms with van der Waals surface area (Å²) < 4.78 is 13.1. The number of hydrogen-bond acceptors (Lipinski definition) is 0. The Hall–Kier alpha value is 0.220. The highest BCUT2D eigenvalue weighted by Gasteiger charge is 2.27. The summed E-state index contributed by atoms with van der Waals surface area (Å²) in [6.45, 7) is 4.40. The van der Waals surface area contributed by atoms with Crippen molar-refractivity contribution in [3.05, 3.63) is 0 Å². The fraction of sp³-hybridized carbons (Fsp3) is 1.00. The molecule has 1 aliphatic carbocycles. The maximum Gasteiger partial charge on any atom is 0.116 e. The fourth-order valence-corrected chi connectivity index (χ4v) is 2.27. The van der Waals surface area contributed by atoms with Crippen molar-refractivity contribution in [2.75, 3.05) is 0 Å². The molecule has 72 valence electrons. The van der Waals surface area contributed by atoms with E-state index in [1.807, 2.05) is 0 Å². The second-order valence-electron chi connectivity index (χ2n) is 4.20. The molecule has 0 aromatic heterocycles. The highest BCUT2D eigenvalue weighted by atomic mass is 35.5. The fourth-order valence-electron chi connectivity index (χ4n) is 1.92. The minimum absolute atomic E-state index is 0.236. The zero-order valence-corrected chi connectivity index (χ0v) is 8.65. The minimum atomic E-state index is -0.768. The van der Waals surface area contributed by atoms with Crippen LogP contribution in [0.4, 0.5) is 4.39 Å². The van der Waals surface area contributed by atoms with Crippen LogP contribution in [0, 0.1) is 11.8 Å². The average Bonchev–Trinajstić information content (AvgIpc) is 2.15. The number of halogens is 2. The molecule has 0 heterocycles. The van der Waals surface area contributed by atoms with Crippen molar-refractivity contribution in [2.24, 2.45) is 11.8 Å². The number of hydrogen-bond donors (Lipinski definition) is 0. The van der Waals surface area contributed by atoms with E-state index in [-0.39, 0.29) is 5.38 Å². The molecule has 1 rings (SSSR count). The van der Waals surface area contributed by atoms with E-state index in [1.165, 1.54) is 0 Å². The Bertz CT molecular complexity index is 136. The average molecular weight is 193 g/mol. The van der Waals surface area contributed by atoms with Crippen LogP contribution in [-0.4, -0.2) is 11.5 Å². The van der Waals surface area contributed by atoms with Crippen LogP contribution in [0.3, 0.4) is 0 Å². The Labute approximate surface area is 79.5 Å². The third kappa shape index (κ3) is 2.62. The number of alkyl halides is 2. The Morgan fingerprint density at radius 2 is 2.00 bits per heavy atom. The van der Waals surface area contributed by atoms with E-state index < -0.39 is 6.17 Å². The lowest BCUT2D eigenvalue weighted by molar-refractivity contribution is 0.292. The highest BCUT2D eigenvalue weighted by molar-refractivity contribution is 6.21. The van der Waals surface area contributed by atoms with E-state index in [4.69, 9.17) is 11.6 Å².